The molecule has 1 rings (SSSR count). The summed E-state index contributed by atoms with van der Waals surface area (Å²) in [4.78, 5) is 13.6. The van der Waals surface area contributed by atoms with Gasteiger partial charge in [-0.15, -0.1) is 11.6 Å². The maximum absolute atomic E-state index is 11.9. The quantitative estimate of drug-likeness (QED) is 0.766. The number of amides is 1. The van der Waals surface area contributed by atoms with Crippen LogP contribution in [0.4, 0.5) is 0 Å². The summed E-state index contributed by atoms with van der Waals surface area (Å²) < 4.78 is 1.02. The Bertz CT molecular complexity index is 339. The molecule has 0 unspecified atom stereocenters. The van der Waals surface area contributed by atoms with Gasteiger partial charge in [0.15, 0.2) is 0 Å². The molecular formula is C12H15BrClNO. The average Bonchev–Trinajstić information content (AvgIpc) is 2.29. The number of hydrogen-bond donors (Lipinski definition) is 0. The average molecular weight is 305 g/mol. The molecule has 0 heterocycles. The first-order chi connectivity index (χ1) is 7.67. The van der Waals surface area contributed by atoms with E-state index in [1.54, 1.807) is 4.90 Å². The van der Waals surface area contributed by atoms with Crippen LogP contribution in [0.5, 0.6) is 0 Å². The van der Waals surface area contributed by atoms with E-state index < -0.39 is 0 Å². The van der Waals surface area contributed by atoms with Crippen LogP contribution >= 0.6 is 27.5 Å². The van der Waals surface area contributed by atoms with Gasteiger partial charge >= 0.3 is 0 Å². The van der Waals surface area contributed by atoms with Gasteiger partial charge in [-0.3, -0.25) is 4.79 Å². The molecule has 1 amide bonds. The molecule has 16 heavy (non-hydrogen) atoms. The summed E-state index contributed by atoms with van der Waals surface area (Å²) in [6, 6.07) is 7.80. The first-order valence-electron chi connectivity index (χ1n) is 5.25. The molecule has 0 saturated carbocycles. The van der Waals surface area contributed by atoms with Gasteiger partial charge in [-0.2, -0.15) is 0 Å². The number of benzene rings is 1. The Balaban J connectivity index is 2.59. The van der Waals surface area contributed by atoms with Crippen LogP contribution < -0.4 is 0 Å². The van der Waals surface area contributed by atoms with Crippen molar-refractivity contribution in [3.05, 3.63) is 34.3 Å². The van der Waals surface area contributed by atoms with Crippen LogP contribution in [0.2, 0.25) is 0 Å². The Morgan fingerprint density at radius 1 is 1.38 bits per heavy atom. The third-order valence-corrected chi connectivity index (χ3v) is 3.06. The first-order valence-corrected chi connectivity index (χ1v) is 6.58. The maximum Gasteiger partial charge on any atom is 0.227 e. The molecule has 1 aromatic carbocycles. The van der Waals surface area contributed by atoms with E-state index in [2.05, 4.69) is 15.9 Å². The van der Waals surface area contributed by atoms with Crippen molar-refractivity contribution in [1.29, 1.82) is 0 Å². The number of carbonyl (C=O) groups excluding carboxylic acids is 1. The van der Waals surface area contributed by atoms with E-state index >= 15 is 0 Å². The normalized spacial score (nSPS) is 10.2. The number of hydrogen-bond acceptors (Lipinski definition) is 1. The zero-order valence-corrected chi connectivity index (χ0v) is 11.6. The molecule has 0 aliphatic heterocycles. The predicted molar refractivity (Wildman–Crippen MR) is 70.8 cm³/mol. The first kappa shape index (κ1) is 13.5. The molecule has 0 aromatic heterocycles. The predicted octanol–water partition coefficient (Wildman–Crippen LogP) is 3.08. The van der Waals surface area contributed by atoms with E-state index in [-0.39, 0.29) is 5.91 Å². The molecule has 0 saturated heterocycles. The van der Waals surface area contributed by atoms with Gasteiger partial charge in [0.2, 0.25) is 5.91 Å². The molecule has 0 N–H and O–H groups in total. The van der Waals surface area contributed by atoms with E-state index in [0.717, 1.165) is 10.0 Å². The lowest BCUT2D eigenvalue weighted by molar-refractivity contribution is -0.130. The van der Waals surface area contributed by atoms with Crippen LogP contribution in [-0.4, -0.2) is 29.8 Å². The highest BCUT2D eigenvalue weighted by Gasteiger charge is 2.11. The van der Waals surface area contributed by atoms with Crippen molar-refractivity contribution < 1.29 is 4.79 Å². The van der Waals surface area contributed by atoms with Gasteiger partial charge in [-0.25, -0.2) is 0 Å². The highest BCUT2D eigenvalue weighted by molar-refractivity contribution is 9.10. The molecular weight excluding hydrogens is 289 g/mol. The number of carbonyl (C=O) groups is 1. The fourth-order valence-electron chi connectivity index (χ4n) is 1.45. The third-order valence-electron chi connectivity index (χ3n) is 2.36. The number of likely N-dealkylation sites (N-methyl/N-ethyl adjacent to an activating group) is 1. The minimum atomic E-state index is 0.130. The molecule has 2 nitrogen and oxygen atoms in total. The van der Waals surface area contributed by atoms with Crippen LogP contribution in [0, 0.1) is 0 Å². The van der Waals surface area contributed by atoms with Crippen LogP contribution in [0.3, 0.4) is 0 Å². The number of halogens is 2. The summed E-state index contributed by atoms with van der Waals surface area (Å²) in [7, 11) is 0. The van der Waals surface area contributed by atoms with Crippen molar-refractivity contribution in [3.63, 3.8) is 0 Å². The maximum atomic E-state index is 11.9. The van der Waals surface area contributed by atoms with Crippen molar-refractivity contribution in [3.8, 4) is 0 Å². The van der Waals surface area contributed by atoms with Gasteiger partial charge in [0.1, 0.15) is 0 Å². The smallest absolute Gasteiger partial charge is 0.227 e. The highest BCUT2D eigenvalue weighted by atomic mass is 79.9. The minimum absolute atomic E-state index is 0.130. The second-order valence-electron chi connectivity index (χ2n) is 3.47. The lowest BCUT2D eigenvalue weighted by atomic mass is 10.1. The molecule has 0 radical (unpaired) electrons. The molecule has 0 aliphatic rings. The Morgan fingerprint density at radius 3 is 2.50 bits per heavy atom. The lowest BCUT2D eigenvalue weighted by Crippen LogP contribution is -2.33. The van der Waals surface area contributed by atoms with Crippen molar-refractivity contribution >= 4 is 33.4 Å². The number of rotatable bonds is 5. The molecule has 1 aromatic rings. The Morgan fingerprint density at radius 2 is 2.00 bits per heavy atom. The van der Waals surface area contributed by atoms with E-state index in [4.69, 9.17) is 11.6 Å². The van der Waals surface area contributed by atoms with Crippen LogP contribution in [0.1, 0.15) is 12.5 Å². The number of alkyl halides is 1. The summed E-state index contributed by atoms with van der Waals surface area (Å²) in [5.74, 6) is 0.616. The third kappa shape index (κ3) is 4.14. The summed E-state index contributed by atoms with van der Waals surface area (Å²) in [5.41, 5.74) is 1.03. The molecule has 0 spiro atoms. The monoisotopic (exact) mass is 303 g/mol. The zero-order chi connectivity index (χ0) is 12.0. The van der Waals surface area contributed by atoms with Gasteiger partial charge in [-0.05, 0) is 24.6 Å². The summed E-state index contributed by atoms with van der Waals surface area (Å²) in [6.45, 7) is 3.29. The minimum Gasteiger partial charge on any atom is -0.341 e. The van der Waals surface area contributed by atoms with Crippen LogP contribution in [-0.2, 0) is 11.2 Å². The molecule has 0 atom stereocenters. The molecule has 0 aliphatic carbocycles. The highest BCUT2D eigenvalue weighted by Crippen LogP contribution is 2.11. The SMILES string of the molecule is CCN(CCCl)C(=O)Cc1ccc(Br)cc1. The standard InChI is InChI=1S/C12H15BrClNO/c1-2-15(8-7-14)12(16)9-10-3-5-11(13)6-4-10/h3-6H,2,7-9H2,1H3. The van der Waals surface area contributed by atoms with Gasteiger partial charge in [0, 0.05) is 23.4 Å². The summed E-state index contributed by atoms with van der Waals surface area (Å²) in [5, 5.41) is 0. The fraction of sp³-hybridized carbons (Fsp3) is 0.417. The second kappa shape index (κ2) is 6.92. The van der Waals surface area contributed by atoms with Crippen molar-refractivity contribution in [1.82, 2.24) is 4.90 Å². The van der Waals surface area contributed by atoms with Crippen molar-refractivity contribution in [2.45, 2.75) is 13.3 Å². The summed E-state index contributed by atoms with van der Waals surface area (Å²) >= 11 is 9.01. The number of nitrogens with zero attached hydrogens (tertiary/aromatic N) is 1. The van der Waals surface area contributed by atoms with Crippen molar-refractivity contribution in [2.75, 3.05) is 19.0 Å². The largest absolute Gasteiger partial charge is 0.341 e. The van der Waals surface area contributed by atoms with Crippen molar-refractivity contribution in [2.24, 2.45) is 0 Å². The molecule has 0 fully saturated rings. The van der Waals surface area contributed by atoms with E-state index in [1.165, 1.54) is 0 Å². The van der Waals surface area contributed by atoms with Gasteiger partial charge < -0.3 is 4.90 Å². The Hall–Kier alpha value is -0.540. The molecule has 4 heteroatoms. The zero-order valence-electron chi connectivity index (χ0n) is 9.25. The topological polar surface area (TPSA) is 20.3 Å². The summed E-state index contributed by atoms with van der Waals surface area (Å²) in [6.07, 6.45) is 0.442. The fourth-order valence-corrected chi connectivity index (χ4v) is 1.92. The molecule has 88 valence electrons. The molecule has 0 bridgehead atoms. The lowest BCUT2D eigenvalue weighted by Gasteiger charge is -2.19. The van der Waals surface area contributed by atoms with E-state index in [0.29, 0.717) is 25.4 Å². The van der Waals surface area contributed by atoms with Crippen LogP contribution in [0.15, 0.2) is 28.7 Å². The Labute approximate surface area is 110 Å². The van der Waals surface area contributed by atoms with Gasteiger partial charge in [-0.1, -0.05) is 28.1 Å². The van der Waals surface area contributed by atoms with Gasteiger partial charge in [0.05, 0.1) is 6.42 Å². The van der Waals surface area contributed by atoms with Crippen LogP contribution in [0.25, 0.3) is 0 Å². The Kier molecular flexibility index (Phi) is 5.85. The van der Waals surface area contributed by atoms with E-state index in [1.807, 2.05) is 31.2 Å². The van der Waals surface area contributed by atoms with Gasteiger partial charge in [0.25, 0.3) is 0 Å². The second-order valence-corrected chi connectivity index (χ2v) is 4.76. The van der Waals surface area contributed by atoms with E-state index in [9.17, 15) is 4.79 Å².